The molecule has 2 aliphatic rings. The Hall–Kier alpha value is -3.76. The van der Waals surface area contributed by atoms with Crippen LogP contribution < -0.4 is 10.9 Å². The number of nitrogens with one attached hydrogen (secondary N) is 1. The van der Waals surface area contributed by atoms with E-state index in [4.69, 9.17) is 28.7 Å². The maximum absolute atomic E-state index is 13.9. The summed E-state index contributed by atoms with van der Waals surface area (Å²) in [5.41, 5.74) is 3.14. The lowest BCUT2D eigenvalue weighted by atomic mass is 10.1. The van der Waals surface area contributed by atoms with Crippen molar-refractivity contribution in [2.45, 2.75) is 46.3 Å². The molecule has 1 N–H and O–H groups in total. The van der Waals surface area contributed by atoms with Crippen LogP contribution in [0, 0.1) is 13.8 Å². The largest absolute Gasteiger partial charge is 0.378 e. The molecule has 0 unspecified atom stereocenters. The van der Waals surface area contributed by atoms with Crippen LogP contribution in [-0.2, 0) is 46.4 Å². The number of amides is 2. The summed E-state index contributed by atoms with van der Waals surface area (Å²) in [6.45, 7) is 13.8. The minimum absolute atomic E-state index is 0.0464. The summed E-state index contributed by atoms with van der Waals surface area (Å²) in [7, 11) is 0. The van der Waals surface area contributed by atoms with Crippen molar-refractivity contribution in [1.82, 2.24) is 24.3 Å². The molecule has 1 aromatic heterocycles. The zero-order chi connectivity index (χ0) is 37.4. The van der Waals surface area contributed by atoms with Crippen molar-refractivity contribution >= 4 is 28.4 Å². The van der Waals surface area contributed by atoms with E-state index < -0.39 is 0 Å². The van der Waals surface area contributed by atoms with Gasteiger partial charge in [0.25, 0.3) is 5.56 Å². The van der Waals surface area contributed by atoms with Gasteiger partial charge < -0.3 is 33.9 Å². The highest BCUT2D eigenvalue weighted by atomic mass is 16.5. The van der Waals surface area contributed by atoms with E-state index in [1.165, 1.54) is 4.57 Å². The summed E-state index contributed by atoms with van der Waals surface area (Å²) >= 11 is 0. The van der Waals surface area contributed by atoms with Crippen LogP contribution in [0.2, 0.25) is 0 Å². The second-order valence-electron chi connectivity index (χ2n) is 13.4. The molecular weight excluding hydrogens is 680 g/mol. The van der Waals surface area contributed by atoms with Crippen LogP contribution >= 0.6 is 0 Å². The molecule has 0 aliphatic carbocycles. The first-order valence-corrected chi connectivity index (χ1v) is 18.8. The first-order chi connectivity index (χ1) is 25.9. The number of carbonyl (C=O) groups is 2. The van der Waals surface area contributed by atoms with Crippen molar-refractivity contribution < 1.29 is 33.3 Å². The predicted octanol–water partition coefficient (Wildman–Crippen LogP) is 2.47. The highest BCUT2D eigenvalue weighted by Gasteiger charge is 2.25. The van der Waals surface area contributed by atoms with Gasteiger partial charge in [-0.25, -0.2) is 4.98 Å². The maximum Gasteiger partial charge on any atom is 0.261 e. The SMILES string of the molecule is CC[C@H](C(=O)Nc1ccccc1C)N1CCOCCOCCN(Cc2nc3c(C)cccc3c(=O)n2CC(=O)N2CCOCC2)CCOCCOCC1. The fourth-order valence-electron chi connectivity index (χ4n) is 6.59. The number of hydrogen-bond donors (Lipinski definition) is 1. The molecule has 2 saturated heterocycles. The van der Waals surface area contributed by atoms with E-state index >= 15 is 0 Å². The number of fused-ring (bicyclic) bond motifs is 1. The lowest BCUT2D eigenvalue weighted by Crippen LogP contribution is -2.46. The number of para-hydroxylation sites is 2. The molecule has 53 heavy (non-hydrogen) atoms. The lowest BCUT2D eigenvalue weighted by Gasteiger charge is -2.30. The van der Waals surface area contributed by atoms with E-state index in [0.29, 0.717) is 135 Å². The van der Waals surface area contributed by atoms with Crippen LogP contribution in [0.15, 0.2) is 47.3 Å². The minimum Gasteiger partial charge on any atom is -0.378 e. The molecule has 3 aromatic rings. The predicted molar refractivity (Wildman–Crippen MR) is 202 cm³/mol. The van der Waals surface area contributed by atoms with Gasteiger partial charge in [-0.05, 0) is 43.5 Å². The molecule has 290 valence electrons. The fraction of sp³-hybridized carbons (Fsp3) is 0.590. The molecular formula is C39H56N6O8. The van der Waals surface area contributed by atoms with Gasteiger partial charge in [-0.15, -0.1) is 0 Å². The monoisotopic (exact) mass is 736 g/mol. The molecule has 0 spiro atoms. The Labute approximate surface area is 312 Å². The van der Waals surface area contributed by atoms with Gasteiger partial charge in [-0.3, -0.25) is 28.8 Å². The topological polar surface area (TPSA) is 137 Å². The second-order valence-corrected chi connectivity index (χ2v) is 13.4. The van der Waals surface area contributed by atoms with Gasteiger partial charge in [0.15, 0.2) is 0 Å². The van der Waals surface area contributed by atoms with Crippen LogP contribution in [0.4, 0.5) is 5.69 Å². The number of rotatable bonds is 8. The molecule has 0 saturated carbocycles. The third-order valence-electron chi connectivity index (χ3n) is 9.71. The van der Waals surface area contributed by atoms with Gasteiger partial charge in [-0.2, -0.15) is 0 Å². The summed E-state index contributed by atoms with van der Waals surface area (Å²) in [5.74, 6) is 0.348. The number of morpholine rings is 1. The van der Waals surface area contributed by atoms with Gasteiger partial charge in [0, 0.05) is 45.0 Å². The van der Waals surface area contributed by atoms with Crippen LogP contribution in [0.25, 0.3) is 10.9 Å². The van der Waals surface area contributed by atoms with Crippen molar-refractivity contribution in [3.05, 3.63) is 69.8 Å². The fourth-order valence-corrected chi connectivity index (χ4v) is 6.59. The van der Waals surface area contributed by atoms with Crippen LogP contribution in [0.3, 0.4) is 0 Å². The number of aryl methyl sites for hydroxylation is 2. The normalized spacial score (nSPS) is 19.0. The molecule has 0 bridgehead atoms. The molecule has 14 heteroatoms. The molecule has 2 aliphatic heterocycles. The van der Waals surface area contributed by atoms with E-state index in [9.17, 15) is 14.4 Å². The number of hydrogen-bond acceptors (Lipinski definition) is 11. The highest BCUT2D eigenvalue weighted by Crippen LogP contribution is 2.17. The molecule has 3 heterocycles. The minimum atomic E-state index is -0.333. The van der Waals surface area contributed by atoms with Gasteiger partial charge in [0.1, 0.15) is 12.4 Å². The smallest absolute Gasteiger partial charge is 0.261 e. The van der Waals surface area contributed by atoms with Gasteiger partial charge in [0.2, 0.25) is 11.8 Å². The average Bonchev–Trinajstić information content (AvgIpc) is 3.16. The Balaban J connectivity index is 1.21. The van der Waals surface area contributed by atoms with Crippen molar-refractivity contribution in [3.63, 3.8) is 0 Å². The maximum atomic E-state index is 13.9. The first kappa shape index (κ1) is 40.4. The van der Waals surface area contributed by atoms with Crippen molar-refractivity contribution in [3.8, 4) is 0 Å². The number of carbonyl (C=O) groups excluding carboxylic acids is 2. The Bertz CT molecular complexity index is 1660. The van der Waals surface area contributed by atoms with Gasteiger partial charge in [-0.1, -0.05) is 37.3 Å². The third kappa shape index (κ3) is 11.9. The summed E-state index contributed by atoms with van der Waals surface area (Å²) in [6, 6.07) is 13.0. The van der Waals surface area contributed by atoms with E-state index in [-0.39, 0.29) is 30.0 Å². The molecule has 2 fully saturated rings. The molecule has 2 aromatic carbocycles. The number of anilines is 1. The highest BCUT2D eigenvalue weighted by molar-refractivity contribution is 5.95. The van der Waals surface area contributed by atoms with E-state index in [2.05, 4.69) is 15.1 Å². The second kappa shape index (κ2) is 21.2. The molecule has 2 amide bonds. The Morgan fingerprint density at radius 2 is 1.30 bits per heavy atom. The molecule has 1 atom stereocenters. The van der Waals surface area contributed by atoms with E-state index in [1.807, 2.05) is 57.2 Å². The lowest BCUT2D eigenvalue weighted by molar-refractivity contribution is -0.136. The molecule has 0 radical (unpaired) electrons. The van der Waals surface area contributed by atoms with E-state index in [0.717, 1.165) is 16.8 Å². The van der Waals surface area contributed by atoms with Crippen molar-refractivity contribution in [2.24, 2.45) is 0 Å². The number of aromatic nitrogens is 2. The van der Waals surface area contributed by atoms with Crippen LogP contribution in [0.5, 0.6) is 0 Å². The summed E-state index contributed by atoms with van der Waals surface area (Å²) in [6.07, 6.45) is 0.648. The van der Waals surface area contributed by atoms with Crippen LogP contribution in [-0.4, -0.2) is 147 Å². The summed E-state index contributed by atoms with van der Waals surface area (Å²) < 4.78 is 30.8. The third-order valence-corrected chi connectivity index (χ3v) is 9.71. The number of benzene rings is 2. The Morgan fingerprint density at radius 1 is 0.736 bits per heavy atom. The molecule has 5 rings (SSSR count). The Morgan fingerprint density at radius 3 is 1.92 bits per heavy atom. The Kier molecular flexibility index (Phi) is 16.2. The number of ether oxygens (including phenoxy) is 5. The zero-order valence-electron chi connectivity index (χ0n) is 31.6. The average molecular weight is 737 g/mol. The summed E-state index contributed by atoms with van der Waals surface area (Å²) in [4.78, 5) is 51.5. The summed E-state index contributed by atoms with van der Waals surface area (Å²) in [5, 5.41) is 3.59. The standard InChI is InChI=1S/C39H56N6O8/c1-4-34(38(47)40-33-11-6-5-8-30(33)2)43-14-20-52-26-24-50-18-12-42(13-19-51-25-27-53-21-15-43)28-35-41-37-31(3)9-7-10-32(37)39(48)45(35)29-36(46)44-16-22-49-23-17-44/h5-11,34H,4,12-29H2,1-3H3,(H,40,47)/t34-/m1/s1. The van der Waals surface area contributed by atoms with Crippen molar-refractivity contribution in [2.75, 3.05) is 111 Å². The van der Waals surface area contributed by atoms with Crippen LogP contribution in [0.1, 0.15) is 30.3 Å². The number of nitrogens with zero attached hydrogens (tertiary/aromatic N) is 5. The van der Waals surface area contributed by atoms with Crippen molar-refractivity contribution in [1.29, 1.82) is 0 Å². The van der Waals surface area contributed by atoms with Gasteiger partial charge >= 0.3 is 0 Å². The van der Waals surface area contributed by atoms with Gasteiger partial charge in [0.05, 0.1) is 89.6 Å². The first-order valence-electron chi connectivity index (χ1n) is 18.8. The zero-order valence-corrected chi connectivity index (χ0v) is 31.6. The quantitative estimate of drug-likeness (QED) is 0.366. The molecule has 14 nitrogen and oxygen atoms in total. The van der Waals surface area contributed by atoms with E-state index in [1.54, 1.807) is 11.0 Å².